The fraction of sp³-hybridized carbons (Fsp3) is 0.559. The molecule has 0 unspecified atom stereocenters. The highest BCUT2D eigenvalue weighted by molar-refractivity contribution is 7.90. The van der Waals surface area contributed by atoms with E-state index < -0.39 is 9.84 Å². The van der Waals surface area contributed by atoms with Gasteiger partial charge in [-0.2, -0.15) is 0 Å². The summed E-state index contributed by atoms with van der Waals surface area (Å²) < 4.78 is 47.2. The van der Waals surface area contributed by atoms with Crippen LogP contribution in [0.15, 0.2) is 30.6 Å². The number of rotatable bonds is 8. The van der Waals surface area contributed by atoms with Crippen LogP contribution in [-0.4, -0.2) is 105 Å². The number of ether oxygens (including phenoxy) is 4. The maximum atomic E-state index is 13.0. The van der Waals surface area contributed by atoms with Crippen molar-refractivity contribution in [3.63, 3.8) is 0 Å². The minimum absolute atomic E-state index is 0.0542. The molecule has 1 fully saturated rings. The van der Waals surface area contributed by atoms with Gasteiger partial charge in [-0.3, -0.25) is 9.69 Å². The summed E-state index contributed by atoms with van der Waals surface area (Å²) in [6.07, 6.45) is 7.10. The van der Waals surface area contributed by atoms with Crippen LogP contribution in [0.3, 0.4) is 0 Å². The molecule has 3 aliphatic heterocycles. The Labute approximate surface area is 282 Å². The van der Waals surface area contributed by atoms with Gasteiger partial charge in [-0.05, 0) is 82.8 Å². The molecule has 1 atom stereocenters. The van der Waals surface area contributed by atoms with Gasteiger partial charge in [0, 0.05) is 37.3 Å². The summed E-state index contributed by atoms with van der Waals surface area (Å²) in [5, 5.41) is 7.30. The van der Waals surface area contributed by atoms with Crippen LogP contribution < -0.4 is 29.6 Å². The van der Waals surface area contributed by atoms with Gasteiger partial charge in [-0.1, -0.05) is 6.07 Å². The first-order chi connectivity index (χ1) is 23.1. The molecule has 3 aromatic rings. The molecule has 1 amide bonds. The third-order valence-electron chi connectivity index (χ3n) is 9.39. The van der Waals surface area contributed by atoms with Crippen molar-refractivity contribution in [1.29, 1.82) is 0 Å². The Hall–Kier alpha value is -3.88. The highest BCUT2D eigenvalue weighted by Crippen LogP contribution is 2.44. The zero-order chi connectivity index (χ0) is 33.7. The van der Waals surface area contributed by atoms with Gasteiger partial charge in [0.15, 0.2) is 23.0 Å². The molecular weight excluding hydrogens is 636 g/mol. The monoisotopic (exact) mass is 682 g/mol. The van der Waals surface area contributed by atoms with E-state index in [1.54, 1.807) is 0 Å². The second-order valence-corrected chi connectivity index (χ2v) is 15.2. The minimum atomic E-state index is -2.91. The van der Waals surface area contributed by atoms with E-state index in [-0.39, 0.29) is 24.5 Å². The van der Waals surface area contributed by atoms with Gasteiger partial charge < -0.3 is 34.5 Å². The molecular formula is C34H46N6O7S. The van der Waals surface area contributed by atoms with Crippen LogP contribution in [0.25, 0.3) is 10.9 Å². The lowest BCUT2D eigenvalue weighted by molar-refractivity contribution is -0.125. The first-order valence-corrected chi connectivity index (χ1v) is 18.8. The molecule has 6 rings (SSSR count). The second-order valence-electron chi connectivity index (χ2n) is 13.0. The number of carbonyl (C=O) groups is 1. The third-order valence-corrected chi connectivity index (χ3v) is 10.4. The largest absolute Gasteiger partial charge is 0.490 e. The molecule has 48 heavy (non-hydrogen) atoms. The van der Waals surface area contributed by atoms with Crippen molar-refractivity contribution in [3.05, 3.63) is 36.2 Å². The van der Waals surface area contributed by atoms with Crippen molar-refractivity contribution in [2.75, 3.05) is 70.6 Å². The van der Waals surface area contributed by atoms with Crippen LogP contribution in [0.2, 0.25) is 0 Å². The van der Waals surface area contributed by atoms with Crippen molar-refractivity contribution in [3.8, 4) is 23.0 Å². The number of benzene rings is 2. The number of sulfone groups is 1. The van der Waals surface area contributed by atoms with Crippen LogP contribution in [0.5, 0.6) is 23.0 Å². The van der Waals surface area contributed by atoms with E-state index in [1.165, 1.54) is 12.6 Å². The van der Waals surface area contributed by atoms with Crippen LogP contribution in [0.1, 0.15) is 44.6 Å². The number of aromatic nitrogens is 2. The first-order valence-electron chi connectivity index (χ1n) is 16.8. The molecule has 13 nitrogen and oxygen atoms in total. The molecule has 2 N–H and O–H groups in total. The van der Waals surface area contributed by atoms with Crippen molar-refractivity contribution < 1.29 is 32.2 Å². The smallest absolute Gasteiger partial charge is 0.237 e. The van der Waals surface area contributed by atoms with Crippen LogP contribution in [0.4, 0.5) is 11.5 Å². The number of carbonyl (C=O) groups excluding carboxylic acids is 1. The van der Waals surface area contributed by atoms with Crippen LogP contribution >= 0.6 is 0 Å². The topological polar surface area (TPSA) is 144 Å². The summed E-state index contributed by atoms with van der Waals surface area (Å²) >= 11 is 0. The molecule has 260 valence electrons. The van der Waals surface area contributed by atoms with Gasteiger partial charge in [0.1, 0.15) is 22.0 Å². The lowest BCUT2D eigenvalue weighted by atomic mass is 9.94. The maximum absolute atomic E-state index is 13.0. The van der Waals surface area contributed by atoms with Crippen LogP contribution in [-0.2, 0) is 21.2 Å². The molecule has 14 heteroatoms. The number of amides is 1. The highest BCUT2D eigenvalue weighted by atomic mass is 32.2. The molecule has 0 saturated carbocycles. The summed E-state index contributed by atoms with van der Waals surface area (Å²) in [4.78, 5) is 26.5. The maximum Gasteiger partial charge on any atom is 0.237 e. The van der Waals surface area contributed by atoms with Gasteiger partial charge in [0.25, 0.3) is 0 Å². The van der Waals surface area contributed by atoms with Crippen molar-refractivity contribution >= 4 is 38.2 Å². The number of anilines is 2. The SMILES string of the molecule is C[C@H]1C(=O)NCCCOc2cc3c(ncnc3cc2OCCCN2CCC(CCS(C)(=O)=O)CC2)Nc2c(ccc3c2OCO3)CN1C. The molecule has 4 heterocycles. The quantitative estimate of drug-likeness (QED) is 0.334. The number of hydrogen-bond donors (Lipinski definition) is 2. The van der Waals surface area contributed by atoms with E-state index in [1.807, 2.05) is 43.1 Å². The van der Waals surface area contributed by atoms with E-state index in [2.05, 4.69) is 25.5 Å². The zero-order valence-electron chi connectivity index (χ0n) is 28.0. The van der Waals surface area contributed by atoms with E-state index in [9.17, 15) is 13.2 Å². The standard InChI is InChI=1S/C34H46N6O7S/c1-23-34(41)35-11-4-15-44-29-18-26-27(19-30(29)45-16-5-12-40-13-8-24(9-14-40)10-17-48(3,42)43)36-21-37-33(26)38-31-25(20-39(23)2)6-7-28-32(31)47-22-46-28/h6-7,18-19,21,23-24H,4-5,8-17,20,22H2,1-3H3,(H,35,41)(H,36,37,38)/t23-/m0/s1. The van der Waals surface area contributed by atoms with Gasteiger partial charge >= 0.3 is 0 Å². The number of nitrogens with zero attached hydrogens (tertiary/aromatic N) is 4. The third kappa shape index (κ3) is 8.39. The summed E-state index contributed by atoms with van der Waals surface area (Å²) in [7, 11) is -0.992. The number of likely N-dealkylation sites (tertiary alicyclic amines) is 1. The average Bonchev–Trinajstić information content (AvgIpc) is 3.55. The predicted octanol–water partition coefficient (Wildman–Crippen LogP) is 3.74. The first kappa shape index (κ1) is 34.0. The summed E-state index contributed by atoms with van der Waals surface area (Å²) in [5.41, 5.74) is 2.35. The van der Waals surface area contributed by atoms with Crippen molar-refractivity contribution in [1.82, 2.24) is 25.1 Å². The number of piperidine rings is 1. The summed E-state index contributed by atoms with van der Waals surface area (Å²) in [5.74, 6) is 3.69. The normalized spacial score (nSPS) is 19.8. The molecule has 0 spiro atoms. The van der Waals surface area contributed by atoms with Gasteiger partial charge in [0.05, 0.1) is 36.2 Å². The predicted molar refractivity (Wildman–Crippen MR) is 183 cm³/mol. The molecule has 3 aliphatic rings. The molecule has 1 saturated heterocycles. The average molecular weight is 683 g/mol. The Morgan fingerprint density at radius 3 is 2.73 bits per heavy atom. The zero-order valence-corrected chi connectivity index (χ0v) is 28.8. The van der Waals surface area contributed by atoms with Crippen LogP contribution in [0, 0.1) is 5.92 Å². The van der Waals surface area contributed by atoms with E-state index >= 15 is 0 Å². The van der Waals surface area contributed by atoms with Crippen molar-refractivity contribution in [2.45, 2.75) is 51.6 Å². The van der Waals surface area contributed by atoms with E-state index in [4.69, 9.17) is 18.9 Å². The Balaban J connectivity index is 1.19. The lowest BCUT2D eigenvalue weighted by Gasteiger charge is -2.31. The van der Waals surface area contributed by atoms with Gasteiger partial charge in [0.2, 0.25) is 12.7 Å². The number of likely N-dealkylation sites (N-methyl/N-ethyl adjacent to an activating group) is 1. The van der Waals surface area contributed by atoms with E-state index in [0.29, 0.717) is 73.0 Å². The fourth-order valence-corrected chi connectivity index (χ4v) is 7.12. The van der Waals surface area contributed by atoms with Gasteiger partial charge in [-0.15, -0.1) is 0 Å². The van der Waals surface area contributed by atoms with Gasteiger partial charge in [-0.25, -0.2) is 18.4 Å². The summed E-state index contributed by atoms with van der Waals surface area (Å²) in [6, 6.07) is 7.30. The Morgan fingerprint density at radius 2 is 1.92 bits per heavy atom. The molecule has 2 bridgehead atoms. The van der Waals surface area contributed by atoms with E-state index in [0.717, 1.165) is 62.0 Å². The Bertz CT molecular complexity index is 1710. The molecule has 0 aliphatic carbocycles. The van der Waals surface area contributed by atoms with Crippen molar-refractivity contribution in [2.24, 2.45) is 5.92 Å². The molecule has 0 radical (unpaired) electrons. The molecule has 2 aromatic carbocycles. The Morgan fingerprint density at radius 1 is 1.08 bits per heavy atom. The number of fused-ring (bicyclic) bond motifs is 4. The minimum Gasteiger partial charge on any atom is -0.490 e. The lowest BCUT2D eigenvalue weighted by Crippen LogP contribution is -2.43. The fourth-order valence-electron chi connectivity index (χ4n) is 6.36. The second kappa shape index (κ2) is 15.1. The number of nitrogens with one attached hydrogen (secondary N) is 2. The Kier molecular flexibility index (Phi) is 10.7. The molecule has 1 aromatic heterocycles. The highest BCUT2D eigenvalue weighted by Gasteiger charge is 2.26. The number of hydrogen-bond acceptors (Lipinski definition) is 12. The summed E-state index contributed by atoms with van der Waals surface area (Å²) in [6.45, 7) is 6.73.